The number of H-pyrrole nitrogens is 1. The lowest BCUT2D eigenvalue weighted by Gasteiger charge is -2.26. The fraction of sp³-hybridized carbons (Fsp3) is 0.143. The van der Waals surface area contributed by atoms with Gasteiger partial charge in [0.05, 0.1) is 23.3 Å². The molecule has 0 spiro atoms. The van der Waals surface area contributed by atoms with Crippen molar-refractivity contribution in [2.75, 3.05) is 17.6 Å². The lowest BCUT2D eigenvalue weighted by atomic mass is 10.1. The smallest absolute Gasteiger partial charge is 0.259 e. The first-order valence-corrected chi connectivity index (χ1v) is 10.3. The van der Waals surface area contributed by atoms with Gasteiger partial charge in [-0.25, -0.2) is 9.97 Å². The molecular formula is C21H18N6O2S. The summed E-state index contributed by atoms with van der Waals surface area (Å²) in [5, 5.41) is 3.38. The SMILES string of the molecule is Nc1nc2c(C(=O)Nc3nc4c(s3)CN(C(=O)c3ccccc3)CC4)cccc2[nH]1. The van der Waals surface area contributed by atoms with Gasteiger partial charge in [-0.05, 0) is 24.3 Å². The van der Waals surface area contributed by atoms with E-state index < -0.39 is 0 Å². The van der Waals surface area contributed by atoms with E-state index in [-0.39, 0.29) is 17.8 Å². The normalized spacial score (nSPS) is 13.3. The Morgan fingerprint density at radius 1 is 1.10 bits per heavy atom. The highest BCUT2D eigenvalue weighted by Crippen LogP contribution is 2.30. The number of hydrogen-bond donors (Lipinski definition) is 3. The zero-order valence-corrected chi connectivity index (χ0v) is 16.7. The summed E-state index contributed by atoms with van der Waals surface area (Å²) in [4.78, 5) is 40.0. The maximum atomic E-state index is 12.8. The van der Waals surface area contributed by atoms with Crippen LogP contribution in [-0.2, 0) is 13.0 Å². The van der Waals surface area contributed by atoms with E-state index in [4.69, 9.17) is 5.73 Å². The number of nitrogens with one attached hydrogen (secondary N) is 2. The summed E-state index contributed by atoms with van der Waals surface area (Å²) in [6.45, 7) is 1.09. The zero-order chi connectivity index (χ0) is 20.7. The number of carbonyl (C=O) groups is 2. The van der Waals surface area contributed by atoms with Crippen LogP contribution in [0.15, 0.2) is 48.5 Å². The van der Waals surface area contributed by atoms with Crippen molar-refractivity contribution >= 4 is 45.3 Å². The molecule has 0 unspecified atom stereocenters. The molecule has 1 aliphatic heterocycles. The fourth-order valence-corrected chi connectivity index (χ4v) is 4.60. The Morgan fingerprint density at radius 3 is 2.77 bits per heavy atom. The number of rotatable bonds is 3. The standard InChI is InChI=1S/C21H18N6O2S/c22-20-23-15-8-4-7-13(17(15)25-20)18(28)26-21-24-14-9-10-27(11-16(14)30-21)19(29)12-5-2-1-3-6-12/h1-8H,9-11H2,(H3,22,23,25)(H,24,26,28). The molecule has 5 rings (SSSR count). The quantitative estimate of drug-likeness (QED) is 0.473. The number of anilines is 2. The predicted octanol–water partition coefficient (Wildman–Crippen LogP) is 3.05. The Labute approximate surface area is 175 Å². The fourth-order valence-electron chi connectivity index (χ4n) is 3.58. The molecule has 1 aliphatic rings. The zero-order valence-electron chi connectivity index (χ0n) is 15.9. The van der Waals surface area contributed by atoms with E-state index in [1.54, 1.807) is 12.1 Å². The number of nitrogens with two attached hydrogens (primary N) is 1. The van der Waals surface area contributed by atoms with Crippen molar-refractivity contribution in [3.05, 3.63) is 70.2 Å². The second-order valence-corrected chi connectivity index (χ2v) is 8.09. The summed E-state index contributed by atoms with van der Waals surface area (Å²) in [6, 6.07) is 14.5. The minimum absolute atomic E-state index is 0.00281. The number of imidazole rings is 1. The summed E-state index contributed by atoms with van der Waals surface area (Å²) in [6.07, 6.45) is 0.658. The molecule has 0 bridgehead atoms. The molecule has 0 fully saturated rings. The summed E-state index contributed by atoms with van der Waals surface area (Å²) < 4.78 is 0. The molecule has 2 aromatic carbocycles. The third-order valence-corrected chi connectivity index (χ3v) is 6.03. The van der Waals surface area contributed by atoms with Crippen LogP contribution >= 0.6 is 11.3 Å². The Kier molecular flexibility index (Phi) is 4.44. The molecule has 9 heteroatoms. The molecule has 0 radical (unpaired) electrons. The highest BCUT2D eigenvalue weighted by molar-refractivity contribution is 7.15. The van der Waals surface area contributed by atoms with E-state index in [1.807, 2.05) is 41.3 Å². The van der Waals surface area contributed by atoms with Gasteiger partial charge in [-0.15, -0.1) is 0 Å². The van der Waals surface area contributed by atoms with Crippen LogP contribution in [0, 0.1) is 0 Å². The van der Waals surface area contributed by atoms with Crippen molar-refractivity contribution in [3.63, 3.8) is 0 Å². The van der Waals surface area contributed by atoms with Gasteiger partial charge in [-0.2, -0.15) is 0 Å². The van der Waals surface area contributed by atoms with Gasteiger partial charge in [0.1, 0.15) is 5.52 Å². The summed E-state index contributed by atoms with van der Waals surface area (Å²) in [5.41, 5.74) is 8.96. The van der Waals surface area contributed by atoms with E-state index >= 15 is 0 Å². The van der Waals surface area contributed by atoms with Gasteiger partial charge in [0, 0.05) is 23.4 Å². The maximum absolute atomic E-state index is 12.8. The molecule has 0 atom stereocenters. The van der Waals surface area contributed by atoms with Crippen LogP contribution in [0.2, 0.25) is 0 Å². The Hall–Kier alpha value is -3.72. The second-order valence-electron chi connectivity index (χ2n) is 7.01. The molecule has 0 saturated heterocycles. The molecule has 8 nitrogen and oxygen atoms in total. The van der Waals surface area contributed by atoms with Gasteiger partial charge < -0.3 is 15.6 Å². The molecule has 4 aromatic rings. The molecule has 0 saturated carbocycles. The molecule has 3 heterocycles. The van der Waals surface area contributed by atoms with Gasteiger partial charge in [0.15, 0.2) is 11.1 Å². The van der Waals surface area contributed by atoms with Crippen LogP contribution in [0.4, 0.5) is 11.1 Å². The number of thiazole rings is 1. The topological polar surface area (TPSA) is 117 Å². The first-order chi connectivity index (χ1) is 14.6. The van der Waals surface area contributed by atoms with Gasteiger partial charge in [-0.1, -0.05) is 35.6 Å². The number of aromatic nitrogens is 3. The Bertz CT molecular complexity index is 1260. The lowest BCUT2D eigenvalue weighted by molar-refractivity contribution is 0.0736. The van der Waals surface area contributed by atoms with Gasteiger partial charge >= 0.3 is 0 Å². The molecule has 150 valence electrons. The van der Waals surface area contributed by atoms with E-state index in [0.717, 1.165) is 10.6 Å². The second kappa shape index (κ2) is 7.27. The largest absolute Gasteiger partial charge is 0.369 e. The monoisotopic (exact) mass is 418 g/mol. The van der Waals surface area contributed by atoms with Crippen LogP contribution in [0.5, 0.6) is 0 Å². The molecule has 30 heavy (non-hydrogen) atoms. The molecule has 0 aliphatic carbocycles. The predicted molar refractivity (Wildman–Crippen MR) is 115 cm³/mol. The van der Waals surface area contributed by atoms with Crippen LogP contribution in [0.25, 0.3) is 11.0 Å². The summed E-state index contributed by atoms with van der Waals surface area (Å²) in [5.74, 6) is -0.0309. The molecule has 2 aromatic heterocycles. The first-order valence-electron chi connectivity index (χ1n) is 9.47. The van der Waals surface area contributed by atoms with Crippen molar-refractivity contribution < 1.29 is 9.59 Å². The number of benzene rings is 2. The van der Waals surface area contributed by atoms with Crippen molar-refractivity contribution in [1.29, 1.82) is 0 Å². The Morgan fingerprint density at radius 2 is 1.93 bits per heavy atom. The minimum atomic E-state index is -0.296. The summed E-state index contributed by atoms with van der Waals surface area (Å²) >= 11 is 1.40. The van der Waals surface area contributed by atoms with Gasteiger partial charge in [0.25, 0.3) is 11.8 Å². The third kappa shape index (κ3) is 3.29. The molecule has 2 amide bonds. The average Bonchev–Trinajstić information content (AvgIpc) is 3.34. The van der Waals surface area contributed by atoms with Crippen molar-refractivity contribution in [3.8, 4) is 0 Å². The average molecular weight is 418 g/mol. The highest BCUT2D eigenvalue weighted by Gasteiger charge is 2.25. The van der Waals surface area contributed by atoms with Crippen molar-refractivity contribution in [2.24, 2.45) is 0 Å². The third-order valence-electron chi connectivity index (χ3n) is 5.04. The van der Waals surface area contributed by atoms with Crippen LogP contribution < -0.4 is 11.1 Å². The summed E-state index contributed by atoms with van der Waals surface area (Å²) in [7, 11) is 0. The van der Waals surface area contributed by atoms with Crippen LogP contribution in [0.1, 0.15) is 31.3 Å². The number of aromatic amines is 1. The highest BCUT2D eigenvalue weighted by atomic mass is 32.1. The van der Waals surface area contributed by atoms with Crippen molar-refractivity contribution in [2.45, 2.75) is 13.0 Å². The van der Waals surface area contributed by atoms with E-state index in [2.05, 4.69) is 20.3 Å². The maximum Gasteiger partial charge on any atom is 0.259 e. The van der Waals surface area contributed by atoms with Gasteiger partial charge in [-0.3, -0.25) is 14.9 Å². The first kappa shape index (κ1) is 18.3. The number of nitrogen functional groups attached to an aromatic ring is 1. The number of para-hydroxylation sites is 1. The van der Waals surface area contributed by atoms with Gasteiger partial charge in [0.2, 0.25) is 0 Å². The minimum Gasteiger partial charge on any atom is -0.369 e. The number of hydrogen-bond acceptors (Lipinski definition) is 6. The van der Waals surface area contributed by atoms with Crippen LogP contribution in [-0.4, -0.2) is 38.2 Å². The van der Waals surface area contributed by atoms with Crippen LogP contribution in [0.3, 0.4) is 0 Å². The van der Waals surface area contributed by atoms with E-state index in [9.17, 15) is 9.59 Å². The molecular weight excluding hydrogens is 400 g/mol. The number of amides is 2. The number of nitrogens with zero attached hydrogens (tertiary/aromatic N) is 3. The van der Waals surface area contributed by atoms with E-state index in [1.165, 1.54) is 11.3 Å². The number of fused-ring (bicyclic) bond motifs is 2. The lowest BCUT2D eigenvalue weighted by Crippen LogP contribution is -2.35. The molecule has 4 N–H and O–H groups in total. The van der Waals surface area contributed by atoms with Crippen molar-refractivity contribution in [1.82, 2.24) is 19.9 Å². The Balaban J connectivity index is 1.34. The number of carbonyl (C=O) groups excluding carboxylic acids is 2. The van der Waals surface area contributed by atoms with E-state index in [0.29, 0.717) is 46.8 Å².